The molecule has 0 aromatic carbocycles. The molecule has 0 fully saturated rings. The van der Waals surface area contributed by atoms with Crippen LogP contribution in [0, 0.1) is 11.5 Å². The third-order valence-electron chi connectivity index (χ3n) is 1.78. The van der Waals surface area contributed by atoms with Gasteiger partial charge in [-0.2, -0.15) is 10.3 Å². The Morgan fingerprint density at radius 3 is 3.07 bits per heavy atom. The molecule has 0 saturated heterocycles. The normalized spacial score (nSPS) is 10.8. The predicted molar refractivity (Wildman–Crippen MR) is 59.7 cm³/mol. The van der Waals surface area contributed by atoms with E-state index in [1.54, 1.807) is 24.7 Å². The average molecular weight is 223 g/mol. The second kappa shape index (κ2) is 6.12. The number of pyridine rings is 1. The Morgan fingerprint density at radius 2 is 2.47 bits per heavy atom. The molecule has 0 unspecified atom stereocenters. The Kier molecular flexibility index (Phi) is 4.75. The Bertz CT molecular complexity index is 366. The van der Waals surface area contributed by atoms with Gasteiger partial charge in [0.05, 0.1) is 0 Å². The highest BCUT2D eigenvalue weighted by Crippen LogP contribution is 2.06. The van der Waals surface area contributed by atoms with Crippen molar-refractivity contribution in [2.75, 3.05) is 13.6 Å². The number of hydrogen-bond acceptors (Lipinski definition) is 4. The monoisotopic (exact) mass is 222 g/mol. The number of aromatic nitrogens is 1. The van der Waals surface area contributed by atoms with Crippen molar-refractivity contribution in [1.29, 1.82) is 5.26 Å². The van der Waals surface area contributed by atoms with Crippen molar-refractivity contribution in [1.82, 2.24) is 9.88 Å². The Morgan fingerprint density at radius 1 is 1.67 bits per heavy atom. The van der Waals surface area contributed by atoms with Gasteiger partial charge in [0.25, 0.3) is 0 Å². The fourth-order valence-electron chi connectivity index (χ4n) is 1.10. The fraction of sp³-hybridized carbons (Fsp3) is 0.300. The standard InChI is InChI=1S/C10H11ClN4/c1-15(5-4-13-8-12)7-9-2-3-10(11)14-6-9/h2-4,6H,5,7H2,1H3. The zero-order chi connectivity index (χ0) is 11.1. The first-order valence-corrected chi connectivity index (χ1v) is 4.79. The molecule has 0 radical (unpaired) electrons. The lowest BCUT2D eigenvalue weighted by Crippen LogP contribution is -2.19. The van der Waals surface area contributed by atoms with E-state index in [0.717, 1.165) is 12.1 Å². The molecule has 4 nitrogen and oxygen atoms in total. The molecule has 1 aromatic rings. The van der Waals surface area contributed by atoms with Gasteiger partial charge in [-0.05, 0) is 18.7 Å². The summed E-state index contributed by atoms with van der Waals surface area (Å²) in [6.45, 7) is 1.39. The second-order valence-corrected chi connectivity index (χ2v) is 3.48. The van der Waals surface area contributed by atoms with Gasteiger partial charge in [-0.1, -0.05) is 17.7 Å². The molecule has 0 atom stereocenters. The van der Waals surface area contributed by atoms with Crippen molar-refractivity contribution in [3.8, 4) is 6.19 Å². The zero-order valence-electron chi connectivity index (χ0n) is 8.39. The quantitative estimate of drug-likeness (QED) is 0.443. The number of nitrogens with zero attached hydrogens (tertiary/aromatic N) is 4. The predicted octanol–water partition coefficient (Wildman–Crippen LogP) is 1.72. The molecular formula is C10H11ClN4. The summed E-state index contributed by atoms with van der Waals surface area (Å²) in [5, 5.41) is 8.70. The van der Waals surface area contributed by atoms with Crippen LogP contribution < -0.4 is 0 Å². The summed E-state index contributed by atoms with van der Waals surface area (Å²) < 4.78 is 0. The molecule has 0 bridgehead atoms. The van der Waals surface area contributed by atoms with Crippen LogP contribution in [0.2, 0.25) is 5.15 Å². The molecule has 0 aliphatic rings. The Balaban J connectivity index is 2.44. The lowest BCUT2D eigenvalue weighted by molar-refractivity contribution is 0.376. The van der Waals surface area contributed by atoms with E-state index in [1.165, 1.54) is 0 Å². The second-order valence-electron chi connectivity index (χ2n) is 3.10. The average Bonchev–Trinajstić information content (AvgIpc) is 2.22. The highest BCUT2D eigenvalue weighted by atomic mass is 35.5. The van der Waals surface area contributed by atoms with E-state index in [-0.39, 0.29) is 0 Å². The summed E-state index contributed by atoms with van der Waals surface area (Å²) in [4.78, 5) is 9.47. The van der Waals surface area contributed by atoms with Crippen LogP contribution in [0.5, 0.6) is 0 Å². The maximum absolute atomic E-state index is 8.21. The SMILES string of the molecule is CN(CC=NC#N)Cc1ccc(Cl)nc1. The first-order chi connectivity index (χ1) is 7.22. The van der Waals surface area contributed by atoms with Gasteiger partial charge in [-0.15, -0.1) is 0 Å². The summed E-state index contributed by atoms with van der Waals surface area (Å²) in [5.74, 6) is 0. The van der Waals surface area contributed by atoms with E-state index in [4.69, 9.17) is 16.9 Å². The first-order valence-electron chi connectivity index (χ1n) is 4.42. The molecule has 0 aliphatic heterocycles. The summed E-state index contributed by atoms with van der Waals surface area (Å²) in [5.41, 5.74) is 1.08. The van der Waals surface area contributed by atoms with E-state index in [1.807, 2.05) is 18.0 Å². The lowest BCUT2D eigenvalue weighted by Gasteiger charge is -2.12. The molecule has 0 saturated carbocycles. The first kappa shape index (κ1) is 11.6. The minimum atomic E-state index is 0.493. The van der Waals surface area contributed by atoms with Crippen molar-refractivity contribution in [3.63, 3.8) is 0 Å². The molecule has 1 heterocycles. The fourth-order valence-corrected chi connectivity index (χ4v) is 1.21. The Hall–Kier alpha value is -1.44. The maximum Gasteiger partial charge on any atom is 0.205 e. The van der Waals surface area contributed by atoms with Gasteiger partial charge >= 0.3 is 0 Å². The number of rotatable bonds is 4. The van der Waals surface area contributed by atoms with Crippen molar-refractivity contribution in [2.45, 2.75) is 6.54 Å². The van der Waals surface area contributed by atoms with Crippen LogP contribution in [-0.2, 0) is 6.54 Å². The topological polar surface area (TPSA) is 52.3 Å². The maximum atomic E-state index is 8.21. The van der Waals surface area contributed by atoms with Gasteiger partial charge in [0.15, 0.2) is 0 Å². The number of halogens is 1. The van der Waals surface area contributed by atoms with E-state index in [9.17, 15) is 0 Å². The van der Waals surface area contributed by atoms with Gasteiger partial charge < -0.3 is 0 Å². The van der Waals surface area contributed by atoms with Gasteiger partial charge in [0.1, 0.15) is 5.15 Å². The highest BCUT2D eigenvalue weighted by molar-refractivity contribution is 6.29. The van der Waals surface area contributed by atoms with Crippen molar-refractivity contribution in [3.05, 3.63) is 29.0 Å². The third-order valence-corrected chi connectivity index (χ3v) is 2.01. The molecule has 78 valence electrons. The molecule has 15 heavy (non-hydrogen) atoms. The van der Waals surface area contributed by atoms with Crippen LogP contribution in [0.3, 0.4) is 0 Å². The molecule has 1 rings (SSSR count). The summed E-state index contributed by atoms with van der Waals surface area (Å²) in [6, 6.07) is 3.68. The number of hydrogen-bond donors (Lipinski definition) is 0. The molecule has 5 heteroatoms. The molecule has 0 N–H and O–H groups in total. The molecule has 0 spiro atoms. The van der Waals surface area contributed by atoms with Crippen LogP contribution >= 0.6 is 11.6 Å². The zero-order valence-corrected chi connectivity index (χ0v) is 9.15. The lowest BCUT2D eigenvalue weighted by atomic mass is 10.3. The van der Waals surface area contributed by atoms with Crippen LogP contribution in [0.1, 0.15) is 5.56 Å². The van der Waals surface area contributed by atoms with Gasteiger partial charge in [0.2, 0.25) is 6.19 Å². The van der Waals surface area contributed by atoms with Gasteiger partial charge in [-0.3, -0.25) is 4.90 Å². The molecule has 0 amide bonds. The molecular weight excluding hydrogens is 212 g/mol. The van der Waals surface area contributed by atoms with Crippen LogP contribution in [-0.4, -0.2) is 29.7 Å². The van der Waals surface area contributed by atoms with Crippen molar-refractivity contribution < 1.29 is 0 Å². The minimum absolute atomic E-state index is 0.493. The van der Waals surface area contributed by atoms with Crippen LogP contribution in [0.4, 0.5) is 0 Å². The van der Waals surface area contributed by atoms with Crippen molar-refractivity contribution in [2.24, 2.45) is 4.99 Å². The smallest absolute Gasteiger partial charge is 0.205 e. The number of aliphatic imine (C=N–C) groups is 1. The molecule has 1 aromatic heterocycles. The number of nitriles is 1. The minimum Gasteiger partial charge on any atom is -0.297 e. The summed E-state index contributed by atoms with van der Waals surface area (Å²) >= 11 is 5.67. The third kappa shape index (κ3) is 4.54. The Labute approximate surface area is 93.8 Å². The van der Waals surface area contributed by atoms with Gasteiger partial charge in [0, 0.05) is 25.5 Å². The molecule has 0 aliphatic carbocycles. The summed E-state index contributed by atoms with van der Waals surface area (Å²) in [6.07, 6.45) is 5.02. The van der Waals surface area contributed by atoms with Crippen LogP contribution in [0.25, 0.3) is 0 Å². The summed E-state index contributed by atoms with van der Waals surface area (Å²) in [7, 11) is 1.94. The van der Waals surface area contributed by atoms with Crippen LogP contribution in [0.15, 0.2) is 23.3 Å². The van der Waals surface area contributed by atoms with E-state index in [2.05, 4.69) is 9.98 Å². The van der Waals surface area contributed by atoms with E-state index >= 15 is 0 Å². The van der Waals surface area contributed by atoms with E-state index in [0.29, 0.717) is 11.7 Å². The van der Waals surface area contributed by atoms with Crippen molar-refractivity contribution >= 4 is 17.8 Å². The largest absolute Gasteiger partial charge is 0.297 e. The van der Waals surface area contributed by atoms with E-state index < -0.39 is 0 Å². The van der Waals surface area contributed by atoms with Gasteiger partial charge in [-0.25, -0.2) is 4.98 Å². The highest BCUT2D eigenvalue weighted by Gasteiger charge is 1.98.